The number of alkyl carbamates (subject to hydrolysis) is 1. The summed E-state index contributed by atoms with van der Waals surface area (Å²) in [5.74, 6) is 0.0505. The van der Waals surface area contributed by atoms with E-state index < -0.39 is 17.6 Å². The first-order chi connectivity index (χ1) is 11.8. The zero-order valence-corrected chi connectivity index (χ0v) is 14.5. The number of pyridine rings is 1. The molecule has 0 aliphatic rings. The smallest absolute Gasteiger partial charge is 0.407 e. The number of aromatic nitrogens is 3. The van der Waals surface area contributed by atoms with Gasteiger partial charge in [-0.25, -0.2) is 9.78 Å². The fourth-order valence-corrected chi connectivity index (χ4v) is 1.95. The molecule has 0 bridgehead atoms. The molecule has 0 atom stereocenters. The van der Waals surface area contributed by atoms with Gasteiger partial charge >= 0.3 is 6.09 Å². The van der Waals surface area contributed by atoms with Gasteiger partial charge in [-0.15, -0.1) is 10.2 Å². The van der Waals surface area contributed by atoms with Crippen LogP contribution in [0, 0.1) is 5.95 Å². The number of hydrogen-bond donors (Lipinski definition) is 2. The summed E-state index contributed by atoms with van der Waals surface area (Å²) < 4.78 is 18.3. The quantitative estimate of drug-likeness (QED) is 0.617. The van der Waals surface area contributed by atoms with Gasteiger partial charge in [0.2, 0.25) is 5.95 Å². The minimum atomic E-state index is -0.556. The van der Waals surface area contributed by atoms with Crippen molar-refractivity contribution in [1.82, 2.24) is 20.5 Å². The molecular weight excluding hydrogens is 325 g/mol. The Morgan fingerprint density at radius 1 is 1.20 bits per heavy atom. The minimum absolute atomic E-state index is 0.429. The van der Waals surface area contributed by atoms with Crippen LogP contribution in [0.2, 0.25) is 0 Å². The van der Waals surface area contributed by atoms with Gasteiger partial charge in [-0.1, -0.05) is 0 Å². The van der Waals surface area contributed by atoms with Gasteiger partial charge < -0.3 is 15.4 Å². The fourth-order valence-electron chi connectivity index (χ4n) is 1.95. The number of halogens is 1. The Labute approximate surface area is 146 Å². The minimum Gasteiger partial charge on any atom is -0.444 e. The number of anilines is 1. The third-order valence-corrected chi connectivity index (χ3v) is 3.01. The van der Waals surface area contributed by atoms with Crippen molar-refractivity contribution in [2.75, 3.05) is 18.4 Å². The lowest BCUT2D eigenvalue weighted by Crippen LogP contribution is -2.33. The van der Waals surface area contributed by atoms with Crippen LogP contribution in [0.4, 0.5) is 15.0 Å². The van der Waals surface area contributed by atoms with Crippen molar-refractivity contribution in [2.45, 2.75) is 32.8 Å². The zero-order valence-electron chi connectivity index (χ0n) is 14.5. The Balaban J connectivity index is 1.72. The summed E-state index contributed by atoms with van der Waals surface area (Å²) in [6.07, 6.45) is 1.66. The average molecular weight is 347 g/mol. The third-order valence-electron chi connectivity index (χ3n) is 3.01. The number of nitrogens with one attached hydrogen (secondary N) is 2. The molecule has 0 saturated heterocycles. The highest BCUT2D eigenvalue weighted by Crippen LogP contribution is 2.16. The van der Waals surface area contributed by atoms with E-state index in [1.807, 2.05) is 20.8 Å². The number of carbonyl (C=O) groups is 1. The zero-order chi connectivity index (χ0) is 18.3. The van der Waals surface area contributed by atoms with Gasteiger partial charge in [0, 0.05) is 30.9 Å². The Morgan fingerprint density at radius 2 is 2.00 bits per heavy atom. The maximum Gasteiger partial charge on any atom is 0.407 e. The van der Waals surface area contributed by atoms with Gasteiger partial charge in [0.15, 0.2) is 0 Å². The third kappa shape index (κ3) is 6.70. The lowest BCUT2D eigenvalue weighted by Gasteiger charge is -2.19. The Kier molecular flexibility index (Phi) is 6.21. The summed E-state index contributed by atoms with van der Waals surface area (Å²) in [5, 5.41) is 13.9. The topological polar surface area (TPSA) is 89.0 Å². The second-order valence-corrected chi connectivity index (χ2v) is 6.38. The Morgan fingerprint density at radius 3 is 2.64 bits per heavy atom. The maximum absolute atomic E-state index is 13.1. The van der Waals surface area contributed by atoms with Crippen molar-refractivity contribution in [3.05, 3.63) is 36.4 Å². The van der Waals surface area contributed by atoms with Crippen LogP contribution in [-0.2, 0) is 4.74 Å². The molecule has 0 spiro atoms. The molecule has 1 amide bonds. The van der Waals surface area contributed by atoms with Crippen molar-refractivity contribution in [3.63, 3.8) is 0 Å². The lowest BCUT2D eigenvalue weighted by atomic mass is 10.2. The van der Waals surface area contributed by atoms with Gasteiger partial charge in [0.05, 0.1) is 5.69 Å². The van der Waals surface area contributed by atoms with E-state index in [2.05, 4.69) is 25.8 Å². The molecule has 2 rings (SSSR count). The van der Waals surface area contributed by atoms with Crippen LogP contribution < -0.4 is 10.6 Å². The highest BCUT2D eigenvalue weighted by atomic mass is 19.1. The number of amides is 1. The van der Waals surface area contributed by atoms with Crippen molar-refractivity contribution in [1.29, 1.82) is 0 Å². The van der Waals surface area contributed by atoms with Gasteiger partial charge in [0.1, 0.15) is 11.4 Å². The summed E-state index contributed by atoms with van der Waals surface area (Å²) in [4.78, 5) is 15.0. The monoisotopic (exact) mass is 347 g/mol. The molecule has 0 aromatic carbocycles. The van der Waals surface area contributed by atoms with Crippen LogP contribution in [0.25, 0.3) is 11.3 Å². The van der Waals surface area contributed by atoms with E-state index in [0.29, 0.717) is 36.6 Å². The van der Waals surface area contributed by atoms with Gasteiger partial charge in [-0.05, 0) is 45.4 Å². The normalized spacial score (nSPS) is 11.0. The molecule has 8 heteroatoms. The molecule has 0 aliphatic carbocycles. The molecule has 25 heavy (non-hydrogen) atoms. The molecule has 2 aromatic rings. The predicted octanol–water partition coefficient (Wildman–Crippen LogP) is 3.00. The van der Waals surface area contributed by atoms with Crippen LogP contribution >= 0.6 is 0 Å². The molecule has 2 N–H and O–H groups in total. The largest absolute Gasteiger partial charge is 0.444 e. The second-order valence-electron chi connectivity index (χ2n) is 6.38. The molecule has 0 saturated carbocycles. The van der Waals surface area contributed by atoms with Crippen molar-refractivity contribution in [2.24, 2.45) is 0 Å². The Bertz CT molecular complexity index is 701. The first-order valence-corrected chi connectivity index (χ1v) is 8.00. The molecule has 0 radical (unpaired) electrons. The number of carbonyl (C=O) groups excluding carboxylic acids is 1. The van der Waals surface area contributed by atoms with Crippen LogP contribution in [0.1, 0.15) is 27.2 Å². The summed E-state index contributed by atoms with van der Waals surface area (Å²) in [6.45, 7) is 6.56. The highest BCUT2D eigenvalue weighted by molar-refractivity contribution is 5.67. The first kappa shape index (κ1) is 18.6. The van der Waals surface area contributed by atoms with Gasteiger partial charge in [0.25, 0.3) is 0 Å². The van der Waals surface area contributed by atoms with Crippen molar-refractivity contribution < 1.29 is 13.9 Å². The van der Waals surface area contributed by atoms with E-state index in [1.54, 1.807) is 18.2 Å². The Hall–Kier alpha value is -2.77. The SMILES string of the molecule is CC(C)(C)OC(=O)NCCCNc1ccc(-c2ccnc(F)c2)nn1. The first-order valence-electron chi connectivity index (χ1n) is 8.00. The van der Waals surface area contributed by atoms with E-state index in [4.69, 9.17) is 4.74 Å². The molecule has 0 aliphatic heterocycles. The standard InChI is InChI=1S/C17H22FN5O2/c1-17(2,3)25-16(24)21-9-4-8-20-15-6-5-13(22-23-15)12-7-10-19-14(18)11-12/h5-7,10-11H,4,8-9H2,1-3H3,(H,20,23)(H,21,24). The number of ether oxygens (including phenoxy) is 1. The van der Waals surface area contributed by atoms with E-state index in [-0.39, 0.29) is 0 Å². The summed E-state index contributed by atoms with van der Waals surface area (Å²) >= 11 is 0. The average Bonchev–Trinajstić information content (AvgIpc) is 2.53. The number of hydrogen-bond acceptors (Lipinski definition) is 6. The fraction of sp³-hybridized carbons (Fsp3) is 0.412. The molecule has 134 valence electrons. The second kappa shape index (κ2) is 8.36. The van der Waals surface area contributed by atoms with E-state index in [1.165, 1.54) is 12.3 Å². The van der Waals surface area contributed by atoms with Gasteiger partial charge in [-0.3, -0.25) is 0 Å². The molecule has 2 aromatic heterocycles. The number of nitrogens with zero attached hydrogens (tertiary/aromatic N) is 3. The van der Waals surface area contributed by atoms with Crippen molar-refractivity contribution in [3.8, 4) is 11.3 Å². The molecule has 7 nitrogen and oxygen atoms in total. The summed E-state index contributed by atoms with van der Waals surface area (Å²) in [6, 6.07) is 6.49. The van der Waals surface area contributed by atoms with Crippen LogP contribution in [0.15, 0.2) is 30.5 Å². The lowest BCUT2D eigenvalue weighted by molar-refractivity contribution is 0.0528. The maximum atomic E-state index is 13.1. The summed E-state index contributed by atoms with van der Waals surface area (Å²) in [5.41, 5.74) is 0.684. The van der Waals surface area contributed by atoms with Crippen LogP contribution in [0.3, 0.4) is 0 Å². The van der Waals surface area contributed by atoms with E-state index >= 15 is 0 Å². The number of rotatable bonds is 6. The predicted molar refractivity (Wildman–Crippen MR) is 92.6 cm³/mol. The van der Waals surface area contributed by atoms with Crippen molar-refractivity contribution >= 4 is 11.9 Å². The van der Waals surface area contributed by atoms with Gasteiger partial charge in [-0.2, -0.15) is 4.39 Å². The van der Waals surface area contributed by atoms with Crippen LogP contribution in [0.5, 0.6) is 0 Å². The highest BCUT2D eigenvalue weighted by Gasteiger charge is 2.15. The molecule has 2 heterocycles. The molecular formula is C17H22FN5O2. The molecule has 0 unspecified atom stereocenters. The molecule has 0 fully saturated rings. The van der Waals surface area contributed by atoms with Crippen LogP contribution in [-0.4, -0.2) is 40.0 Å². The van der Waals surface area contributed by atoms with E-state index in [9.17, 15) is 9.18 Å². The van der Waals surface area contributed by atoms with E-state index in [0.717, 1.165) is 0 Å². The summed E-state index contributed by atoms with van der Waals surface area (Å²) in [7, 11) is 0.